The summed E-state index contributed by atoms with van der Waals surface area (Å²) in [6.07, 6.45) is 2.21. The summed E-state index contributed by atoms with van der Waals surface area (Å²) in [7, 11) is 0. The van der Waals surface area contributed by atoms with Crippen molar-refractivity contribution in [3.63, 3.8) is 0 Å². The van der Waals surface area contributed by atoms with Crippen LogP contribution >= 0.6 is 23.2 Å². The molecule has 1 fully saturated rings. The van der Waals surface area contributed by atoms with Gasteiger partial charge in [-0.05, 0) is 30.7 Å². The predicted molar refractivity (Wildman–Crippen MR) is 75.4 cm³/mol. The summed E-state index contributed by atoms with van der Waals surface area (Å²) in [4.78, 5) is 13.4. The minimum atomic E-state index is -0.129. The smallest absolute Gasteiger partial charge is 0.243 e. The summed E-state index contributed by atoms with van der Waals surface area (Å²) in [5.74, 6) is -0.129. The molecule has 1 aromatic rings. The first-order chi connectivity index (χ1) is 8.60. The molecule has 5 heteroatoms. The van der Waals surface area contributed by atoms with Crippen molar-refractivity contribution >= 4 is 34.8 Å². The van der Waals surface area contributed by atoms with Gasteiger partial charge in [-0.3, -0.25) is 4.79 Å². The van der Waals surface area contributed by atoms with Crippen LogP contribution in [0, 0.1) is 0 Å². The maximum absolute atomic E-state index is 11.2. The van der Waals surface area contributed by atoms with Crippen LogP contribution in [0.5, 0.6) is 0 Å². The summed E-state index contributed by atoms with van der Waals surface area (Å²) in [6, 6.07) is 5.73. The van der Waals surface area contributed by atoms with E-state index in [1.165, 1.54) is 6.08 Å². The van der Waals surface area contributed by atoms with E-state index in [0.29, 0.717) is 10.0 Å². The van der Waals surface area contributed by atoms with Crippen molar-refractivity contribution in [2.75, 3.05) is 18.0 Å². The molecule has 1 atom stereocenters. The molecule has 1 aliphatic heterocycles. The number of nitrogens with one attached hydrogen (secondary N) is 1. The third-order valence-electron chi connectivity index (χ3n) is 2.99. The highest BCUT2D eigenvalue weighted by Gasteiger charge is 2.23. The van der Waals surface area contributed by atoms with Gasteiger partial charge in [0.2, 0.25) is 5.91 Å². The van der Waals surface area contributed by atoms with Crippen LogP contribution in [0.3, 0.4) is 0 Å². The van der Waals surface area contributed by atoms with Gasteiger partial charge in [0, 0.05) is 24.8 Å². The highest BCUT2D eigenvalue weighted by molar-refractivity contribution is 6.42. The molecule has 18 heavy (non-hydrogen) atoms. The quantitative estimate of drug-likeness (QED) is 0.866. The van der Waals surface area contributed by atoms with E-state index in [1.807, 2.05) is 12.1 Å². The second kappa shape index (κ2) is 5.63. The lowest BCUT2D eigenvalue weighted by Gasteiger charge is -2.19. The minimum Gasteiger partial charge on any atom is -0.369 e. The number of nitrogens with zero attached hydrogens (tertiary/aromatic N) is 1. The number of hydrogen-bond donors (Lipinski definition) is 1. The molecule has 1 unspecified atom stereocenters. The topological polar surface area (TPSA) is 32.3 Å². The Morgan fingerprint density at radius 3 is 2.89 bits per heavy atom. The average molecular weight is 285 g/mol. The lowest BCUT2D eigenvalue weighted by atomic mass is 10.2. The lowest BCUT2D eigenvalue weighted by molar-refractivity contribution is -0.117. The summed E-state index contributed by atoms with van der Waals surface area (Å²) in [5.41, 5.74) is 1.03. The van der Waals surface area contributed by atoms with E-state index in [4.69, 9.17) is 23.2 Å². The number of rotatable bonds is 3. The largest absolute Gasteiger partial charge is 0.369 e. The van der Waals surface area contributed by atoms with E-state index in [2.05, 4.69) is 16.8 Å². The van der Waals surface area contributed by atoms with Crippen molar-refractivity contribution in [3.8, 4) is 0 Å². The Kier molecular flexibility index (Phi) is 4.15. The number of carbonyl (C=O) groups excluding carboxylic acids is 1. The van der Waals surface area contributed by atoms with Gasteiger partial charge in [0.25, 0.3) is 0 Å². The fourth-order valence-electron chi connectivity index (χ4n) is 2.05. The molecule has 96 valence electrons. The maximum atomic E-state index is 11.2. The third kappa shape index (κ3) is 2.98. The van der Waals surface area contributed by atoms with Crippen molar-refractivity contribution in [1.29, 1.82) is 0 Å². The summed E-state index contributed by atoms with van der Waals surface area (Å²) in [5, 5.41) is 4.00. The Morgan fingerprint density at radius 2 is 2.22 bits per heavy atom. The van der Waals surface area contributed by atoms with Gasteiger partial charge in [0.1, 0.15) is 0 Å². The molecule has 1 amide bonds. The van der Waals surface area contributed by atoms with Crippen LogP contribution in [0.2, 0.25) is 10.0 Å². The molecule has 1 saturated heterocycles. The molecule has 2 rings (SSSR count). The predicted octanol–water partition coefficient (Wildman–Crippen LogP) is 2.87. The van der Waals surface area contributed by atoms with Gasteiger partial charge >= 0.3 is 0 Å². The van der Waals surface area contributed by atoms with Crippen molar-refractivity contribution < 1.29 is 4.79 Å². The Hall–Kier alpha value is -1.19. The molecular formula is C13H14Cl2N2O. The van der Waals surface area contributed by atoms with E-state index in [-0.39, 0.29) is 11.9 Å². The summed E-state index contributed by atoms with van der Waals surface area (Å²) in [6.45, 7) is 5.11. The third-order valence-corrected chi connectivity index (χ3v) is 3.73. The number of hydrogen-bond acceptors (Lipinski definition) is 2. The first kappa shape index (κ1) is 13.2. The molecule has 1 N–H and O–H groups in total. The van der Waals surface area contributed by atoms with E-state index in [1.54, 1.807) is 6.07 Å². The molecule has 0 radical (unpaired) electrons. The van der Waals surface area contributed by atoms with Crippen molar-refractivity contribution in [2.45, 2.75) is 12.5 Å². The fourth-order valence-corrected chi connectivity index (χ4v) is 2.35. The number of halogens is 2. The van der Waals surface area contributed by atoms with Gasteiger partial charge in [-0.1, -0.05) is 29.8 Å². The van der Waals surface area contributed by atoms with Crippen LogP contribution in [0.25, 0.3) is 0 Å². The Balaban J connectivity index is 2.01. The zero-order valence-corrected chi connectivity index (χ0v) is 11.3. The Morgan fingerprint density at radius 1 is 1.44 bits per heavy atom. The van der Waals surface area contributed by atoms with E-state index in [9.17, 15) is 4.79 Å². The number of carbonyl (C=O) groups is 1. The van der Waals surface area contributed by atoms with Gasteiger partial charge in [-0.25, -0.2) is 0 Å². The van der Waals surface area contributed by atoms with Crippen LogP contribution in [-0.4, -0.2) is 25.0 Å². The van der Waals surface area contributed by atoms with Crippen molar-refractivity contribution in [3.05, 3.63) is 40.9 Å². The van der Waals surface area contributed by atoms with Crippen LogP contribution in [0.15, 0.2) is 30.9 Å². The second-order valence-corrected chi connectivity index (χ2v) is 5.06. The van der Waals surface area contributed by atoms with Gasteiger partial charge in [0.15, 0.2) is 0 Å². The van der Waals surface area contributed by atoms with Crippen LogP contribution < -0.4 is 10.2 Å². The molecule has 0 aliphatic carbocycles. The number of anilines is 1. The molecule has 0 aromatic heterocycles. The average Bonchev–Trinajstić information content (AvgIpc) is 2.81. The molecule has 1 aromatic carbocycles. The zero-order chi connectivity index (χ0) is 13.1. The normalized spacial score (nSPS) is 18.8. The number of benzene rings is 1. The Bertz CT molecular complexity index is 476. The first-order valence-corrected chi connectivity index (χ1v) is 6.48. The van der Waals surface area contributed by atoms with Gasteiger partial charge < -0.3 is 10.2 Å². The van der Waals surface area contributed by atoms with Crippen LogP contribution in [-0.2, 0) is 4.79 Å². The monoisotopic (exact) mass is 284 g/mol. The zero-order valence-electron chi connectivity index (χ0n) is 9.83. The first-order valence-electron chi connectivity index (χ1n) is 5.73. The summed E-state index contributed by atoms with van der Waals surface area (Å²) >= 11 is 11.9. The molecule has 0 spiro atoms. The van der Waals surface area contributed by atoms with Crippen molar-refractivity contribution in [2.24, 2.45) is 0 Å². The van der Waals surface area contributed by atoms with Crippen molar-refractivity contribution in [1.82, 2.24) is 5.32 Å². The molecule has 1 heterocycles. The molecule has 1 aliphatic rings. The fraction of sp³-hybridized carbons (Fsp3) is 0.308. The molecular weight excluding hydrogens is 271 g/mol. The van der Waals surface area contributed by atoms with Gasteiger partial charge in [-0.2, -0.15) is 0 Å². The minimum absolute atomic E-state index is 0.129. The molecule has 3 nitrogen and oxygen atoms in total. The van der Waals surface area contributed by atoms with Crippen LogP contribution in [0.4, 0.5) is 5.69 Å². The lowest BCUT2D eigenvalue weighted by Crippen LogP contribution is -2.35. The van der Waals surface area contributed by atoms with Gasteiger partial charge in [0.05, 0.1) is 10.0 Å². The maximum Gasteiger partial charge on any atom is 0.243 e. The van der Waals surface area contributed by atoms with Gasteiger partial charge in [-0.15, -0.1) is 0 Å². The van der Waals surface area contributed by atoms with E-state index >= 15 is 0 Å². The number of amides is 1. The SMILES string of the molecule is C=CC(=O)NC1CCN(c2ccc(Cl)c(Cl)c2)C1. The van der Waals surface area contributed by atoms with E-state index in [0.717, 1.165) is 25.2 Å². The molecule has 0 bridgehead atoms. The summed E-state index contributed by atoms with van der Waals surface area (Å²) < 4.78 is 0. The van der Waals surface area contributed by atoms with Crippen LogP contribution in [0.1, 0.15) is 6.42 Å². The van der Waals surface area contributed by atoms with E-state index < -0.39 is 0 Å². The highest BCUT2D eigenvalue weighted by Crippen LogP contribution is 2.29. The molecule has 0 saturated carbocycles. The highest BCUT2D eigenvalue weighted by atomic mass is 35.5. The standard InChI is InChI=1S/C13H14Cl2N2O/c1-2-13(18)16-9-5-6-17(8-9)10-3-4-11(14)12(15)7-10/h2-4,7,9H,1,5-6,8H2,(H,16,18). The Labute approximate surface area is 116 Å². The second-order valence-electron chi connectivity index (χ2n) is 4.24.